The Hall–Kier alpha value is -1.45. The van der Waals surface area contributed by atoms with Crippen molar-refractivity contribution >= 4 is 0 Å². The second-order valence-corrected chi connectivity index (χ2v) is 4.73. The monoisotopic (exact) mass is 295 g/mol. The number of aliphatic hydroxyl groups is 1. The standard InChI is InChI=1S/C16H22FNO3/c1-3-9-21-13-16(19)12-18(8-10-20-2)11-14-4-6-15(17)7-5-14/h1,4-7,16,19H,8-13H2,2H3. The van der Waals surface area contributed by atoms with Gasteiger partial charge in [0.15, 0.2) is 0 Å². The van der Waals surface area contributed by atoms with Gasteiger partial charge in [-0.05, 0) is 17.7 Å². The van der Waals surface area contributed by atoms with Crippen molar-refractivity contribution < 1.29 is 19.0 Å². The van der Waals surface area contributed by atoms with Crippen molar-refractivity contribution in [1.29, 1.82) is 0 Å². The Balaban J connectivity index is 2.50. The SMILES string of the molecule is C#CCOCC(O)CN(CCOC)Cc1ccc(F)cc1. The fourth-order valence-electron chi connectivity index (χ4n) is 1.91. The summed E-state index contributed by atoms with van der Waals surface area (Å²) in [6.07, 6.45) is 4.45. The lowest BCUT2D eigenvalue weighted by Crippen LogP contribution is -2.36. The molecule has 1 aromatic carbocycles. The van der Waals surface area contributed by atoms with Gasteiger partial charge in [-0.1, -0.05) is 18.1 Å². The zero-order chi connectivity index (χ0) is 15.5. The van der Waals surface area contributed by atoms with Crippen LogP contribution in [0.3, 0.4) is 0 Å². The number of terminal acetylenes is 1. The van der Waals surface area contributed by atoms with Crippen LogP contribution >= 0.6 is 0 Å². The molecule has 0 saturated heterocycles. The molecule has 1 atom stereocenters. The Morgan fingerprint density at radius 3 is 2.71 bits per heavy atom. The molecule has 0 spiro atoms. The number of methoxy groups -OCH3 is 1. The zero-order valence-electron chi connectivity index (χ0n) is 12.3. The maximum atomic E-state index is 12.9. The van der Waals surface area contributed by atoms with E-state index < -0.39 is 6.10 Å². The van der Waals surface area contributed by atoms with Crippen LogP contribution in [0.4, 0.5) is 4.39 Å². The number of hydrogen-bond acceptors (Lipinski definition) is 4. The van der Waals surface area contributed by atoms with E-state index in [1.165, 1.54) is 12.1 Å². The molecule has 1 aromatic rings. The highest BCUT2D eigenvalue weighted by molar-refractivity contribution is 5.15. The van der Waals surface area contributed by atoms with Gasteiger partial charge in [-0.3, -0.25) is 4.90 Å². The highest BCUT2D eigenvalue weighted by Crippen LogP contribution is 2.07. The summed E-state index contributed by atoms with van der Waals surface area (Å²) in [4.78, 5) is 2.03. The van der Waals surface area contributed by atoms with Gasteiger partial charge in [0, 0.05) is 26.7 Å². The molecule has 0 saturated carbocycles. The summed E-state index contributed by atoms with van der Waals surface area (Å²) in [7, 11) is 1.63. The number of hydrogen-bond donors (Lipinski definition) is 1. The smallest absolute Gasteiger partial charge is 0.123 e. The van der Waals surface area contributed by atoms with Gasteiger partial charge in [0.2, 0.25) is 0 Å². The molecule has 0 amide bonds. The van der Waals surface area contributed by atoms with Crippen molar-refractivity contribution in [3.05, 3.63) is 35.6 Å². The quantitative estimate of drug-likeness (QED) is 0.522. The van der Waals surface area contributed by atoms with Crippen molar-refractivity contribution in [3.8, 4) is 12.3 Å². The van der Waals surface area contributed by atoms with E-state index in [9.17, 15) is 9.50 Å². The number of benzene rings is 1. The fourth-order valence-corrected chi connectivity index (χ4v) is 1.91. The molecule has 1 unspecified atom stereocenters. The summed E-state index contributed by atoms with van der Waals surface area (Å²) in [5, 5.41) is 9.93. The van der Waals surface area contributed by atoms with E-state index in [0.717, 1.165) is 5.56 Å². The van der Waals surface area contributed by atoms with Crippen molar-refractivity contribution in [2.75, 3.05) is 40.0 Å². The summed E-state index contributed by atoms with van der Waals surface area (Å²) < 4.78 is 23.1. The summed E-state index contributed by atoms with van der Waals surface area (Å²) >= 11 is 0. The van der Waals surface area contributed by atoms with Crippen LogP contribution in [0.2, 0.25) is 0 Å². The van der Waals surface area contributed by atoms with E-state index in [1.807, 2.05) is 4.90 Å². The maximum Gasteiger partial charge on any atom is 0.123 e. The van der Waals surface area contributed by atoms with Crippen LogP contribution in [0.5, 0.6) is 0 Å². The number of nitrogens with zero attached hydrogens (tertiary/aromatic N) is 1. The minimum atomic E-state index is -0.629. The Morgan fingerprint density at radius 1 is 1.38 bits per heavy atom. The summed E-state index contributed by atoms with van der Waals surface area (Å²) in [5.41, 5.74) is 0.976. The van der Waals surface area contributed by atoms with E-state index in [-0.39, 0.29) is 19.0 Å². The first kappa shape index (κ1) is 17.6. The van der Waals surface area contributed by atoms with Crippen molar-refractivity contribution in [1.82, 2.24) is 4.90 Å². The Kier molecular flexibility index (Phi) is 8.63. The molecule has 0 radical (unpaired) electrons. The molecular weight excluding hydrogens is 273 g/mol. The lowest BCUT2D eigenvalue weighted by molar-refractivity contribution is 0.0207. The first-order valence-electron chi connectivity index (χ1n) is 6.80. The minimum Gasteiger partial charge on any atom is -0.389 e. The summed E-state index contributed by atoms with van der Waals surface area (Å²) in [5.74, 6) is 2.09. The molecule has 0 heterocycles. The lowest BCUT2D eigenvalue weighted by Gasteiger charge is -2.24. The van der Waals surface area contributed by atoms with E-state index >= 15 is 0 Å². The Bertz CT molecular complexity index is 430. The average molecular weight is 295 g/mol. The van der Waals surface area contributed by atoms with E-state index in [2.05, 4.69) is 5.92 Å². The molecule has 4 nitrogen and oxygen atoms in total. The Labute approximate surface area is 125 Å². The lowest BCUT2D eigenvalue weighted by atomic mass is 10.2. The topological polar surface area (TPSA) is 41.9 Å². The molecule has 0 fully saturated rings. The third-order valence-electron chi connectivity index (χ3n) is 2.90. The van der Waals surface area contributed by atoms with Crippen LogP contribution in [-0.4, -0.2) is 56.1 Å². The molecule has 0 aliphatic carbocycles. The molecule has 5 heteroatoms. The van der Waals surface area contributed by atoms with Crippen LogP contribution in [0.15, 0.2) is 24.3 Å². The number of ether oxygens (including phenoxy) is 2. The first-order chi connectivity index (χ1) is 10.2. The second-order valence-electron chi connectivity index (χ2n) is 4.73. The van der Waals surface area contributed by atoms with Crippen LogP contribution in [-0.2, 0) is 16.0 Å². The van der Waals surface area contributed by atoms with Gasteiger partial charge in [0.05, 0.1) is 19.3 Å². The fraction of sp³-hybridized carbons (Fsp3) is 0.500. The second kappa shape index (κ2) is 10.3. The predicted octanol–water partition coefficient (Wildman–Crippen LogP) is 1.28. The van der Waals surface area contributed by atoms with Crippen LogP contribution < -0.4 is 0 Å². The van der Waals surface area contributed by atoms with Gasteiger partial charge in [-0.2, -0.15) is 0 Å². The van der Waals surface area contributed by atoms with E-state index in [4.69, 9.17) is 15.9 Å². The molecule has 1 rings (SSSR count). The Morgan fingerprint density at radius 2 is 2.10 bits per heavy atom. The van der Waals surface area contributed by atoms with E-state index in [0.29, 0.717) is 26.2 Å². The zero-order valence-corrected chi connectivity index (χ0v) is 12.3. The molecule has 0 aliphatic heterocycles. The molecule has 0 bridgehead atoms. The summed E-state index contributed by atoms with van der Waals surface area (Å²) in [6.45, 7) is 2.64. The highest BCUT2D eigenvalue weighted by atomic mass is 19.1. The third kappa shape index (κ3) is 7.78. The minimum absolute atomic E-state index is 0.188. The first-order valence-corrected chi connectivity index (χ1v) is 6.80. The molecule has 1 N–H and O–H groups in total. The van der Waals surface area contributed by atoms with Crippen molar-refractivity contribution in [2.45, 2.75) is 12.6 Å². The van der Waals surface area contributed by atoms with Crippen LogP contribution in [0.25, 0.3) is 0 Å². The number of aliphatic hydroxyl groups excluding tert-OH is 1. The van der Waals surface area contributed by atoms with Crippen molar-refractivity contribution in [3.63, 3.8) is 0 Å². The predicted molar refractivity (Wildman–Crippen MR) is 79.2 cm³/mol. The van der Waals surface area contributed by atoms with Gasteiger partial charge in [-0.25, -0.2) is 4.39 Å². The summed E-state index contributed by atoms with van der Waals surface area (Å²) in [6, 6.07) is 6.32. The molecule has 0 aromatic heterocycles. The molecule has 116 valence electrons. The highest BCUT2D eigenvalue weighted by Gasteiger charge is 2.12. The normalized spacial score (nSPS) is 12.3. The third-order valence-corrected chi connectivity index (χ3v) is 2.90. The largest absolute Gasteiger partial charge is 0.389 e. The van der Waals surface area contributed by atoms with Gasteiger partial charge in [0.25, 0.3) is 0 Å². The van der Waals surface area contributed by atoms with Crippen LogP contribution in [0.1, 0.15) is 5.56 Å². The maximum absolute atomic E-state index is 12.9. The van der Waals surface area contributed by atoms with Gasteiger partial charge >= 0.3 is 0 Å². The van der Waals surface area contributed by atoms with Gasteiger partial charge in [0.1, 0.15) is 12.4 Å². The van der Waals surface area contributed by atoms with E-state index in [1.54, 1.807) is 19.2 Å². The average Bonchev–Trinajstić information content (AvgIpc) is 2.47. The van der Waals surface area contributed by atoms with Gasteiger partial charge < -0.3 is 14.6 Å². The van der Waals surface area contributed by atoms with Gasteiger partial charge in [-0.15, -0.1) is 6.42 Å². The molecule has 21 heavy (non-hydrogen) atoms. The molecular formula is C16H22FNO3. The molecule has 0 aliphatic rings. The van der Waals surface area contributed by atoms with Crippen LogP contribution in [0, 0.1) is 18.2 Å². The number of rotatable bonds is 10. The van der Waals surface area contributed by atoms with Crippen molar-refractivity contribution in [2.24, 2.45) is 0 Å². The number of halogens is 1.